The van der Waals surface area contributed by atoms with Crippen LogP contribution >= 0.6 is 11.8 Å². The van der Waals surface area contributed by atoms with Crippen LogP contribution in [0.5, 0.6) is 0 Å². The number of aromatic nitrogens is 6. The summed E-state index contributed by atoms with van der Waals surface area (Å²) in [4.78, 5) is 4.74. The Morgan fingerprint density at radius 1 is 0.840 bits per heavy atom. The van der Waals surface area contributed by atoms with Gasteiger partial charge in [-0.05, 0) is 24.3 Å². The molecule has 0 aliphatic carbocycles. The minimum Gasteiger partial charge on any atom is -0.330 e. The van der Waals surface area contributed by atoms with Gasteiger partial charge in [-0.25, -0.2) is 4.98 Å². The number of fused-ring (bicyclic) bond motifs is 4. The minimum atomic E-state index is 0.745. The number of benzene rings is 2. The van der Waals surface area contributed by atoms with Crippen molar-refractivity contribution in [2.24, 2.45) is 14.1 Å². The molecule has 7 heteroatoms. The van der Waals surface area contributed by atoms with Gasteiger partial charge in [-0.15, -0.1) is 10.2 Å². The van der Waals surface area contributed by atoms with E-state index in [0.29, 0.717) is 0 Å². The molecule has 2 aromatic carbocycles. The predicted molar refractivity (Wildman–Crippen MR) is 99.7 cm³/mol. The molecule has 0 saturated heterocycles. The van der Waals surface area contributed by atoms with Crippen molar-refractivity contribution in [1.29, 1.82) is 0 Å². The second-order valence-corrected chi connectivity index (χ2v) is 6.97. The average Bonchev–Trinajstić information content (AvgIpc) is 3.28. The molecular formula is C18H16N6S. The van der Waals surface area contributed by atoms with E-state index in [1.807, 2.05) is 37.4 Å². The van der Waals surface area contributed by atoms with E-state index in [0.717, 1.165) is 44.6 Å². The van der Waals surface area contributed by atoms with E-state index in [2.05, 4.69) is 49.0 Å². The summed E-state index contributed by atoms with van der Waals surface area (Å²) in [5, 5.41) is 9.63. The molecule has 3 heterocycles. The average molecular weight is 348 g/mol. The van der Waals surface area contributed by atoms with Crippen molar-refractivity contribution < 1.29 is 0 Å². The van der Waals surface area contributed by atoms with Crippen LogP contribution in [0, 0.1) is 0 Å². The van der Waals surface area contributed by atoms with Gasteiger partial charge in [-0.1, -0.05) is 36.0 Å². The van der Waals surface area contributed by atoms with Gasteiger partial charge in [0.2, 0.25) is 5.78 Å². The summed E-state index contributed by atoms with van der Waals surface area (Å²) in [6, 6.07) is 16.5. The molecule has 0 amide bonds. The van der Waals surface area contributed by atoms with Crippen LogP contribution in [-0.4, -0.2) is 28.7 Å². The van der Waals surface area contributed by atoms with Gasteiger partial charge in [0.15, 0.2) is 5.16 Å². The summed E-state index contributed by atoms with van der Waals surface area (Å²) >= 11 is 1.66. The molecule has 0 aliphatic heterocycles. The van der Waals surface area contributed by atoms with E-state index in [1.54, 1.807) is 11.8 Å². The highest BCUT2D eigenvalue weighted by atomic mass is 32.2. The van der Waals surface area contributed by atoms with Crippen LogP contribution in [0.1, 0.15) is 5.82 Å². The lowest BCUT2D eigenvalue weighted by atomic mass is 10.3. The van der Waals surface area contributed by atoms with Crippen LogP contribution in [0.3, 0.4) is 0 Å². The summed E-state index contributed by atoms with van der Waals surface area (Å²) in [5.41, 5.74) is 4.45. The molecule has 6 nitrogen and oxygen atoms in total. The van der Waals surface area contributed by atoms with Crippen molar-refractivity contribution in [2.45, 2.75) is 10.9 Å². The smallest absolute Gasteiger partial charge is 0.236 e. The van der Waals surface area contributed by atoms with Crippen LogP contribution in [0.25, 0.3) is 27.8 Å². The normalized spacial score (nSPS) is 11.9. The third kappa shape index (κ3) is 2.09. The van der Waals surface area contributed by atoms with Crippen molar-refractivity contribution in [3.8, 4) is 0 Å². The van der Waals surface area contributed by atoms with Crippen molar-refractivity contribution in [3.05, 3.63) is 54.4 Å². The van der Waals surface area contributed by atoms with Gasteiger partial charge in [0.05, 0.1) is 27.8 Å². The molecule has 0 aliphatic rings. The van der Waals surface area contributed by atoms with Crippen LogP contribution in [0.15, 0.2) is 53.7 Å². The molecule has 0 fully saturated rings. The number of hydrogen-bond acceptors (Lipinski definition) is 4. The maximum Gasteiger partial charge on any atom is 0.236 e. The van der Waals surface area contributed by atoms with Crippen LogP contribution in [-0.2, 0) is 19.8 Å². The Bertz CT molecular complexity index is 1230. The highest BCUT2D eigenvalue weighted by Gasteiger charge is 2.16. The number of imidazole rings is 2. The Morgan fingerprint density at radius 3 is 2.36 bits per heavy atom. The first-order valence-corrected chi connectivity index (χ1v) is 9.04. The Balaban J connectivity index is 1.56. The van der Waals surface area contributed by atoms with E-state index >= 15 is 0 Å². The summed E-state index contributed by atoms with van der Waals surface area (Å²) in [6.07, 6.45) is 0. The number of hydrogen-bond donors (Lipinski definition) is 0. The molecule has 5 aromatic rings. The molecule has 124 valence electrons. The highest BCUT2D eigenvalue weighted by molar-refractivity contribution is 7.98. The first-order valence-electron chi connectivity index (χ1n) is 8.06. The van der Waals surface area contributed by atoms with E-state index in [-0.39, 0.29) is 0 Å². The molecule has 5 rings (SSSR count). The SMILES string of the molecule is Cn1c(CSc2nnc3n(C)c4ccccc4n23)nc2ccccc21. The Hall–Kier alpha value is -2.80. The summed E-state index contributed by atoms with van der Waals surface area (Å²) < 4.78 is 6.33. The number of rotatable bonds is 3. The first-order chi connectivity index (χ1) is 12.2. The molecule has 0 spiro atoms. The van der Waals surface area contributed by atoms with Gasteiger partial charge in [0.25, 0.3) is 0 Å². The van der Waals surface area contributed by atoms with Crippen molar-refractivity contribution in [2.75, 3.05) is 0 Å². The lowest BCUT2D eigenvalue weighted by molar-refractivity contribution is 0.870. The number of aryl methyl sites for hydroxylation is 2. The topological polar surface area (TPSA) is 52.9 Å². The van der Waals surface area contributed by atoms with Gasteiger partial charge in [0.1, 0.15) is 5.82 Å². The maximum absolute atomic E-state index is 4.74. The Labute approximate surface area is 148 Å². The van der Waals surface area contributed by atoms with Gasteiger partial charge in [-0.3, -0.25) is 4.40 Å². The van der Waals surface area contributed by atoms with Crippen LogP contribution in [0.2, 0.25) is 0 Å². The fraction of sp³-hybridized carbons (Fsp3) is 0.167. The molecule has 3 aromatic heterocycles. The van der Waals surface area contributed by atoms with Gasteiger partial charge in [-0.2, -0.15) is 0 Å². The largest absolute Gasteiger partial charge is 0.330 e. The zero-order valence-electron chi connectivity index (χ0n) is 13.9. The standard InChI is InChI=1S/C18H16N6S/c1-22-13-8-4-3-7-12(13)19-16(22)11-25-18-21-20-17-23(2)14-9-5-6-10-15(14)24(17)18/h3-10H,11H2,1-2H3. The van der Waals surface area contributed by atoms with E-state index < -0.39 is 0 Å². The second kappa shape index (κ2) is 5.35. The summed E-state index contributed by atoms with van der Waals surface area (Å²) in [7, 11) is 4.08. The summed E-state index contributed by atoms with van der Waals surface area (Å²) in [6.45, 7) is 0. The highest BCUT2D eigenvalue weighted by Crippen LogP contribution is 2.27. The van der Waals surface area contributed by atoms with Crippen molar-refractivity contribution in [1.82, 2.24) is 28.7 Å². The molecule has 0 atom stereocenters. The number of para-hydroxylation sites is 4. The van der Waals surface area contributed by atoms with Gasteiger partial charge < -0.3 is 9.13 Å². The van der Waals surface area contributed by atoms with E-state index in [9.17, 15) is 0 Å². The van der Waals surface area contributed by atoms with E-state index in [4.69, 9.17) is 4.98 Å². The molecule has 0 unspecified atom stereocenters. The predicted octanol–water partition coefficient (Wildman–Crippen LogP) is 3.40. The third-order valence-electron chi connectivity index (χ3n) is 4.61. The van der Waals surface area contributed by atoms with Gasteiger partial charge >= 0.3 is 0 Å². The monoisotopic (exact) mass is 348 g/mol. The zero-order chi connectivity index (χ0) is 17.0. The van der Waals surface area contributed by atoms with Crippen LogP contribution in [0.4, 0.5) is 0 Å². The van der Waals surface area contributed by atoms with E-state index in [1.165, 1.54) is 0 Å². The summed E-state index contributed by atoms with van der Waals surface area (Å²) in [5.74, 6) is 2.63. The van der Waals surface area contributed by atoms with Crippen molar-refractivity contribution >= 4 is 39.6 Å². The first kappa shape index (κ1) is 14.5. The fourth-order valence-corrected chi connectivity index (χ4v) is 4.21. The third-order valence-corrected chi connectivity index (χ3v) is 5.54. The molecule has 0 radical (unpaired) electrons. The van der Waals surface area contributed by atoms with Crippen LogP contribution < -0.4 is 0 Å². The molecule has 25 heavy (non-hydrogen) atoms. The Kier molecular flexibility index (Phi) is 3.11. The minimum absolute atomic E-state index is 0.745. The molecule has 0 saturated carbocycles. The number of nitrogens with zero attached hydrogens (tertiary/aromatic N) is 6. The lowest BCUT2D eigenvalue weighted by Crippen LogP contribution is -1.96. The lowest BCUT2D eigenvalue weighted by Gasteiger charge is -2.01. The molecular weight excluding hydrogens is 332 g/mol. The van der Waals surface area contributed by atoms with Gasteiger partial charge in [0, 0.05) is 14.1 Å². The maximum atomic E-state index is 4.74. The fourth-order valence-electron chi connectivity index (χ4n) is 3.28. The zero-order valence-corrected chi connectivity index (χ0v) is 14.7. The molecule has 0 bridgehead atoms. The molecule has 0 N–H and O–H groups in total. The number of thioether (sulfide) groups is 1. The second-order valence-electron chi connectivity index (χ2n) is 6.03. The Morgan fingerprint density at radius 2 is 1.56 bits per heavy atom. The van der Waals surface area contributed by atoms with Crippen molar-refractivity contribution in [3.63, 3.8) is 0 Å². The quantitative estimate of drug-likeness (QED) is 0.469.